The highest BCUT2D eigenvalue weighted by molar-refractivity contribution is 5.97. The predicted molar refractivity (Wildman–Crippen MR) is 90.4 cm³/mol. The Kier molecular flexibility index (Phi) is 4.50. The van der Waals surface area contributed by atoms with E-state index < -0.39 is 6.10 Å². The second-order valence-corrected chi connectivity index (χ2v) is 5.55. The molecule has 0 aliphatic carbocycles. The lowest BCUT2D eigenvalue weighted by Crippen LogP contribution is -2.36. The zero-order chi connectivity index (χ0) is 17.1. The van der Waals surface area contributed by atoms with Gasteiger partial charge in [-0.05, 0) is 31.0 Å². The number of carbonyl (C=O) groups is 1. The van der Waals surface area contributed by atoms with Crippen LogP contribution in [0.5, 0.6) is 11.6 Å². The van der Waals surface area contributed by atoms with Crippen molar-refractivity contribution < 1.29 is 14.3 Å². The Bertz CT molecular complexity index is 750. The molecular weight excluding hydrogens is 308 g/mol. The Morgan fingerprint density at radius 3 is 3.00 bits per heavy atom. The van der Waals surface area contributed by atoms with Gasteiger partial charge in [-0.1, -0.05) is 13.0 Å². The van der Waals surface area contributed by atoms with Crippen molar-refractivity contribution in [3.8, 4) is 11.6 Å². The Morgan fingerprint density at radius 1 is 1.42 bits per heavy atom. The number of hydrogen-bond acceptors (Lipinski definition) is 6. The summed E-state index contributed by atoms with van der Waals surface area (Å²) in [5, 5.41) is 6.09. The summed E-state index contributed by atoms with van der Waals surface area (Å²) >= 11 is 0. The molecule has 1 aromatic carbocycles. The number of anilines is 2. The van der Waals surface area contributed by atoms with Crippen LogP contribution in [0.3, 0.4) is 0 Å². The van der Waals surface area contributed by atoms with Crippen LogP contribution in [0.25, 0.3) is 0 Å². The Labute approximate surface area is 140 Å². The van der Waals surface area contributed by atoms with Crippen LogP contribution in [-0.2, 0) is 4.79 Å². The molecule has 0 spiro atoms. The van der Waals surface area contributed by atoms with Crippen LogP contribution in [-0.4, -0.2) is 29.1 Å². The third kappa shape index (κ3) is 3.24. The van der Waals surface area contributed by atoms with Crippen molar-refractivity contribution in [1.82, 2.24) is 9.97 Å². The molecule has 1 aliphatic heterocycles. The minimum atomic E-state index is -0.447. The third-order valence-electron chi connectivity index (χ3n) is 3.88. The number of nitrogens with one attached hydrogen (secondary N) is 2. The second kappa shape index (κ2) is 6.74. The molecular formula is C17H20N4O3. The van der Waals surface area contributed by atoms with Gasteiger partial charge in [0.15, 0.2) is 6.10 Å². The van der Waals surface area contributed by atoms with Gasteiger partial charge in [0.2, 0.25) is 11.8 Å². The number of aromatic nitrogens is 2. The topological polar surface area (TPSA) is 85.4 Å². The summed E-state index contributed by atoms with van der Waals surface area (Å²) in [4.78, 5) is 20.3. The largest absolute Gasteiger partial charge is 0.481 e. The minimum absolute atomic E-state index is 0.0382. The van der Waals surface area contributed by atoms with E-state index in [1.165, 1.54) is 0 Å². The molecule has 1 amide bonds. The van der Waals surface area contributed by atoms with Crippen molar-refractivity contribution in [2.24, 2.45) is 0 Å². The van der Waals surface area contributed by atoms with Crippen LogP contribution in [0.4, 0.5) is 11.6 Å². The molecule has 7 heteroatoms. The van der Waals surface area contributed by atoms with Gasteiger partial charge >= 0.3 is 0 Å². The van der Waals surface area contributed by atoms with Crippen molar-refractivity contribution in [2.75, 3.05) is 17.7 Å². The number of hydrogen-bond donors (Lipinski definition) is 2. The third-order valence-corrected chi connectivity index (χ3v) is 3.88. The van der Waals surface area contributed by atoms with Crippen molar-refractivity contribution >= 4 is 17.5 Å². The van der Waals surface area contributed by atoms with E-state index in [0.29, 0.717) is 29.7 Å². The van der Waals surface area contributed by atoms with Crippen LogP contribution in [0.2, 0.25) is 0 Å². The van der Waals surface area contributed by atoms with E-state index >= 15 is 0 Å². The van der Waals surface area contributed by atoms with Crippen LogP contribution >= 0.6 is 0 Å². The molecule has 0 bridgehead atoms. The maximum absolute atomic E-state index is 11.8. The van der Waals surface area contributed by atoms with Gasteiger partial charge in [0.25, 0.3) is 5.91 Å². The molecule has 2 atom stereocenters. The average molecular weight is 328 g/mol. The monoisotopic (exact) mass is 328 g/mol. The van der Waals surface area contributed by atoms with Gasteiger partial charge in [0.05, 0.1) is 18.8 Å². The first-order chi connectivity index (χ1) is 11.6. The molecule has 0 unspecified atom stereocenters. The average Bonchev–Trinajstić information content (AvgIpc) is 2.60. The fourth-order valence-electron chi connectivity index (χ4n) is 2.50. The highest BCUT2D eigenvalue weighted by atomic mass is 16.5. The summed E-state index contributed by atoms with van der Waals surface area (Å²) in [5.74, 6) is 1.56. The molecule has 7 nitrogen and oxygen atoms in total. The van der Waals surface area contributed by atoms with Crippen LogP contribution in [0.15, 0.2) is 30.5 Å². The van der Waals surface area contributed by atoms with E-state index in [4.69, 9.17) is 9.47 Å². The summed E-state index contributed by atoms with van der Waals surface area (Å²) in [6.07, 6.45) is 1.82. The van der Waals surface area contributed by atoms with E-state index in [1.54, 1.807) is 19.4 Å². The van der Waals surface area contributed by atoms with Crippen molar-refractivity contribution in [3.63, 3.8) is 0 Å². The Balaban J connectivity index is 1.78. The fraction of sp³-hybridized carbons (Fsp3) is 0.353. The molecule has 0 radical (unpaired) electrons. The molecule has 2 aromatic rings. The summed E-state index contributed by atoms with van der Waals surface area (Å²) < 4.78 is 10.9. The van der Waals surface area contributed by atoms with E-state index in [2.05, 4.69) is 20.6 Å². The molecule has 1 aliphatic rings. The number of carbonyl (C=O) groups excluding carboxylic acids is 1. The summed E-state index contributed by atoms with van der Waals surface area (Å²) in [6.45, 7) is 3.92. The highest BCUT2D eigenvalue weighted by Gasteiger charge is 2.26. The number of methoxy groups -OCH3 is 1. The van der Waals surface area contributed by atoms with E-state index in [9.17, 15) is 4.79 Å². The van der Waals surface area contributed by atoms with Gasteiger partial charge in [0.1, 0.15) is 5.75 Å². The first-order valence-electron chi connectivity index (χ1n) is 7.85. The number of rotatable bonds is 5. The molecule has 1 aromatic heterocycles. The molecule has 2 N–H and O–H groups in total. The fourth-order valence-corrected chi connectivity index (χ4v) is 2.50. The lowest BCUT2D eigenvalue weighted by molar-refractivity contribution is -0.123. The molecule has 126 valence electrons. The number of amides is 1. The zero-order valence-corrected chi connectivity index (χ0v) is 13.9. The van der Waals surface area contributed by atoms with Gasteiger partial charge in [-0.25, -0.2) is 4.98 Å². The molecule has 0 fully saturated rings. The molecule has 2 heterocycles. The molecule has 24 heavy (non-hydrogen) atoms. The Morgan fingerprint density at radius 2 is 2.25 bits per heavy atom. The van der Waals surface area contributed by atoms with Crippen LogP contribution < -0.4 is 20.1 Å². The van der Waals surface area contributed by atoms with Crippen LogP contribution in [0, 0.1) is 0 Å². The first kappa shape index (κ1) is 16.0. The smallest absolute Gasteiger partial charge is 0.265 e. The minimum Gasteiger partial charge on any atom is -0.481 e. The number of ether oxygens (including phenoxy) is 2. The number of fused-ring (bicyclic) bond motifs is 1. The summed E-state index contributed by atoms with van der Waals surface area (Å²) in [7, 11) is 1.56. The van der Waals surface area contributed by atoms with Gasteiger partial charge < -0.3 is 20.1 Å². The van der Waals surface area contributed by atoms with Crippen LogP contribution in [0.1, 0.15) is 31.9 Å². The summed E-state index contributed by atoms with van der Waals surface area (Å²) in [6, 6.07) is 7.36. The normalized spacial score (nSPS) is 17.3. The van der Waals surface area contributed by atoms with Crippen molar-refractivity contribution in [3.05, 3.63) is 36.0 Å². The molecule has 0 saturated heterocycles. The van der Waals surface area contributed by atoms with Crippen molar-refractivity contribution in [2.45, 2.75) is 32.4 Å². The van der Waals surface area contributed by atoms with E-state index in [-0.39, 0.29) is 11.9 Å². The van der Waals surface area contributed by atoms with Gasteiger partial charge in [-0.15, -0.1) is 0 Å². The zero-order valence-electron chi connectivity index (χ0n) is 13.9. The molecule has 3 rings (SSSR count). The maximum atomic E-state index is 11.8. The summed E-state index contributed by atoms with van der Waals surface area (Å²) in [5.41, 5.74) is 1.70. The Hall–Kier alpha value is -2.83. The lowest BCUT2D eigenvalue weighted by atomic mass is 10.1. The predicted octanol–water partition coefficient (Wildman–Crippen LogP) is 2.77. The van der Waals surface area contributed by atoms with Crippen molar-refractivity contribution in [1.29, 1.82) is 0 Å². The van der Waals surface area contributed by atoms with Gasteiger partial charge in [0, 0.05) is 12.3 Å². The quantitative estimate of drug-likeness (QED) is 0.878. The lowest BCUT2D eigenvalue weighted by Gasteiger charge is -2.26. The number of benzene rings is 1. The maximum Gasteiger partial charge on any atom is 0.265 e. The molecule has 0 saturated carbocycles. The van der Waals surface area contributed by atoms with Gasteiger partial charge in [-0.3, -0.25) is 4.79 Å². The van der Waals surface area contributed by atoms with E-state index in [0.717, 1.165) is 5.56 Å². The number of nitrogens with zero attached hydrogens (tertiary/aromatic N) is 2. The first-order valence-corrected chi connectivity index (χ1v) is 7.85. The highest BCUT2D eigenvalue weighted by Crippen LogP contribution is 2.33. The standard InChI is InChI=1S/C17H20N4O3/c1-4-13-16(22)20-12-6-5-11(9-14(12)24-13)10(2)19-17-18-8-7-15(21-17)23-3/h5-10,13H,4H2,1-3H3,(H,20,22)(H,18,19,21)/t10-,13-/m1/s1. The van der Waals surface area contributed by atoms with E-state index in [1.807, 2.05) is 32.0 Å². The SMILES string of the molecule is CC[C@H]1Oc2cc([C@@H](C)Nc3nccc(OC)n3)ccc2NC1=O. The van der Waals surface area contributed by atoms with Gasteiger partial charge in [-0.2, -0.15) is 4.98 Å². The second-order valence-electron chi connectivity index (χ2n) is 5.55.